The minimum atomic E-state index is 0.860. The van der Waals surface area contributed by atoms with Crippen LogP contribution in [0.15, 0.2) is 78.9 Å². The number of benzene rings is 3. The molecule has 0 fully saturated rings. The highest BCUT2D eigenvalue weighted by atomic mass is 35.5. The summed E-state index contributed by atoms with van der Waals surface area (Å²) in [5.41, 5.74) is 5.08. The van der Waals surface area contributed by atoms with Crippen molar-refractivity contribution in [2.45, 2.75) is 12.8 Å². The zero-order valence-corrected chi connectivity index (χ0v) is 12.6. The van der Waals surface area contributed by atoms with E-state index in [-0.39, 0.29) is 0 Å². The molecule has 3 aromatic rings. The van der Waals surface area contributed by atoms with E-state index in [0.717, 1.165) is 17.9 Å². The van der Waals surface area contributed by atoms with Crippen molar-refractivity contribution in [2.24, 2.45) is 0 Å². The lowest BCUT2D eigenvalue weighted by Gasteiger charge is -2.06. The highest BCUT2D eigenvalue weighted by Crippen LogP contribution is 2.21. The molecule has 0 unspecified atom stereocenters. The molecule has 0 aliphatic rings. The van der Waals surface area contributed by atoms with Gasteiger partial charge in [0.2, 0.25) is 0 Å². The zero-order valence-electron chi connectivity index (χ0n) is 11.8. The number of halogens is 1. The van der Waals surface area contributed by atoms with E-state index in [0.29, 0.717) is 0 Å². The molecule has 0 aliphatic heterocycles. The molecule has 0 N–H and O–H groups in total. The fourth-order valence-electron chi connectivity index (χ4n) is 2.47. The Morgan fingerprint density at radius 2 is 1.19 bits per heavy atom. The highest BCUT2D eigenvalue weighted by Gasteiger charge is 2.01. The third-order valence-electron chi connectivity index (χ3n) is 3.70. The second-order valence-electron chi connectivity index (χ2n) is 5.15. The van der Waals surface area contributed by atoms with E-state index >= 15 is 0 Å². The van der Waals surface area contributed by atoms with Crippen LogP contribution in [-0.2, 0) is 12.8 Å². The first-order valence-corrected chi connectivity index (χ1v) is 7.58. The second kappa shape index (κ2) is 6.60. The van der Waals surface area contributed by atoms with Gasteiger partial charge < -0.3 is 0 Å². The van der Waals surface area contributed by atoms with E-state index in [4.69, 9.17) is 11.6 Å². The standard InChI is InChI=1S/C20H17Cl/c21-20-9-5-4-8-19(20)15-12-16-10-13-18(14-11-16)17-6-2-1-3-7-17/h1-11,13-14H,12,15H2. The van der Waals surface area contributed by atoms with Gasteiger partial charge in [-0.25, -0.2) is 0 Å². The Balaban J connectivity index is 1.69. The Kier molecular flexibility index (Phi) is 4.37. The van der Waals surface area contributed by atoms with Crippen LogP contribution in [-0.4, -0.2) is 0 Å². The number of aryl methyl sites for hydroxylation is 2. The summed E-state index contributed by atoms with van der Waals surface area (Å²) >= 11 is 6.20. The molecule has 0 nitrogen and oxygen atoms in total. The van der Waals surface area contributed by atoms with Gasteiger partial charge in [-0.05, 0) is 41.2 Å². The Morgan fingerprint density at radius 1 is 0.571 bits per heavy atom. The topological polar surface area (TPSA) is 0 Å². The molecule has 0 saturated heterocycles. The molecule has 0 bridgehead atoms. The van der Waals surface area contributed by atoms with Gasteiger partial charge >= 0.3 is 0 Å². The first-order chi connectivity index (χ1) is 10.3. The summed E-state index contributed by atoms with van der Waals surface area (Å²) in [7, 11) is 0. The molecule has 0 radical (unpaired) electrons. The van der Waals surface area contributed by atoms with E-state index in [9.17, 15) is 0 Å². The minimum Gasteiger partial charge on any atom is -0.0840 e. The fourth-order valence-corrected chi connectivity index (χ4v) is 2.70. The monoisotopic (exact) mass is 292 g/mol. The first-order valence-electron chi connectivity index (χ1n) is 7.21. The molecule has 0 aromatic heterocycles. The molecule has 1 heteroatoms. The van der Waals surface area contributed by atoms with Crippen LogP contribution in [0.5, 0.6) is 0 Å². The normalized spacial score (nSPS) is 10.5. The van der Waals surface area contributed by atoms with Gasteiger partial charge in [-0.15, -0.1) is 0 Å². The van der Waals surface area contributed by atoms with E-state index in [1.807, 2.05) is 24.3 Å². The van der Waals surface area contributed by atoms with Crippen molar-refractivity contribution in [2.75, 3.05) is 0 Å². The SMILES string of the molecule is Clc1ccccc1CCc1ccc(-c2ccccc2)cc1. The third kappa shape index (κ3) is 3.53. The molecule has 0 atom stereocenters. The summed E-state index contributed by atoms with van der Waals surface area (Å²) in [5.74, 6) is 0. The molecule has 104 valence electrons. The lowest BCUT2D eigenvalue weighted by molar-refractivity contribution is 0.961. The lowest BCUT2D eigenvalue weighted by atomic mass is 10.0. The van der Waals surface area contributed by atoms with Crippen molar-refractivity contribution in [1.82, 2.24) is 0 Å². The Hall–Kier alpha value is -2.05. The Labute approximate surface area is 131 Å². The summed E-state index contributed by atoms with van der Waals surface area (Å²) < 4.78 is 0. The predicted octanol–water partition coefficient (Wildman–Crippen LogP) is 5.79. The average Bonchev–Trinajstić information content (AvgIpc) is 2.55. The quantitative estimate of drug-likeness (QED) is 0.571. The molecule has 3 rings (SSSR count). The second-order valence-corrected chi connectivity index (χ2v) is 5.56. The van der Waals surface area contributed by atoms with Crippen LogP contribution in [0.4, 0.5) is 0 Å². The number of rotatable bonds is 4. The Bertz CT molecular complexity index is 699. The fraction of sp³-hybridized carbons (Fsp3) is 0.100. The van der Waals surface area contributed by atoms with Crippen LogP contribution in [0.1, 0.15) is 11.1 Å². The van der Waals surface area contributed by atoms with Crippen LogP contribution < -0.4 is 0 Å². The lowest BCUT2D eigenvalue weighted by Crippen LogP contribution is -1.92. The molecule has 0 saturated carbocycles. The van der Waals surface area contributed by atoms with E-state index in [1.165, 1.54) is 22.3 Å². The van der Waals surface area contributed by atoms with Crippen LogP contribution in [0.2, 0.25) is 5.02 Å². The molecule has 0 heterocycles. The van der Waals surface area contributed by atoms with Crippen LogP contribution >= 0.6 is 11.6 Å². The highest BCUT2D eigenvalue weighted by molar-refractivity contribution is 6.31. The zero-order chi connectivity index (χ0) is 14.5. The maximum atomic E-state index is 6.20. The first kappa shape index (κ1) is 13.9. The predicted molar refractivity (Wildman–Crippen MR) is 90.7 cm³/mol. The van der Waals surface area contributed by atoms with Crippen molar-refractivity contribution in [3.63, 3.8) is 0 Å². The van der Waals surface area contributed by atoms with E-state index < -0.39 is 0 Å². The van der Waals surface area contributed by atoms with Crippen LogP contribution in [0, 0.1) is 0 Å². The van der Waals surface area contributed by atoms with Crippen molar-refractivity contribution >= 4 is 11.6 Å². The average molecular weight is 293 g/mol. The molecule has 0 amide bonds. The van der Waals surface area contributed by atoms with Crippen molar-refractivity contribution in [3.8, 4) is 11.1 Å². The summed E-state index contributed by atoms with van der Waals surface area (Å²) in [5, 5.41) is 0.860. The van der Waals surface area contributed by atoms with Crippen LogP contribution in [0.25, 0.3) is 11.1 Å². The molecular formula is C20H17Cl. The minimum absolute atomic E-state index is 0.860. The van der Waals surface area contributed by atoms with Crippen molar-refractivity contribution < 1.29 is 0 Å². The van der Waals surface area contributed by atoms with Crippen LogP contribution in [0.3, 0.4) is 0 Å². The molecule has 0 aliphatic carbocycles. The van der Waals surface area contributed by atoms with Gasteiger partial charge in [0.1, 0.15) is 0 Å². The summed E-state index contributed by atoms with van der Waals surface area (Å²) in [4.78, 5) is 0. The number of hydrogen-bond donors (Lipinski definition) is 0. The van der Waals surface area contributed by atoms with Gasteiger partial charge in [-0.1, -0.05) is 84.4 Å². The summed E-state index contributed by atoms with van der Waals surface area (Å²) in [6.07, 6.45) is 1.99. The maximum Gasteiger partial charge on any atom is 0.0438 e. The maximum absolute atomic E-state index is 6.20. The third-order valence-corrected chi connectivity index (χ3v) is 4.07. The van der Waals surface area contributed by atoms with Gasteiger partial charge in [-0.2, -0.15) is 0 Å². The van der Waals surface area contributed by atoms with E-state index in [1.54, 1.807) is 0 Å². The van der Waals surface area contributed by atoms with Gasteiger partial charge in [0.05, 0.1) is 0 Å². The summed E-state index contributed by atoms with van der Waals surface area (Å²) in [6.45, 7) is 0. The molecule has 21 heavy (non-hydrogen) atoms. The largest absolute Gasteiger partial charge is 0.0840 e. The summed E-state index contributed by atoms with van der Waals surface area (Å²) in [6, 6.07) is 27.3. The van der Waals surface area contributed by atoms with E-state index in [2.05, 4.69) is 54.6 Å². The van der Waals surface area contributed by atoms with Gasteiger partial charge in [0.25, 0.3) is 0 Å². The van der Waals surface area contributed by atoms with Gasteiger partial charge in [0, 0.05) is 5.02 Å². The van der Waals surface area contributed by atoms with Gasteiger partial charge in [-0.3, -0.25) is 0 Å². The smallest absolute Gasteiger partial charge is 0.0438 e. The molecular weight excluding hydrogens is 276 g/mol. The molecule has 3 aromatic carbocycles. The van der Waals surface area contributed by atoms with Gasteiger partial charge in [0.15, 0.2) is 0 Å². The van der Waals surface area contributed by atoms with Crippen molar-refractivity contribution in [3.05, 3.63) is 95.0 Å². The number of hydrogen-bond acceptors (Lipinski definition) is 0. The van der Waals surface area contributed by atoms with Crippen molar-refractivity contribution in [1.29, 1.82) is 0 Å². The molecule has 0 spiro atoms. The Morgan fingerprint density at radius 3 is 1.90 bits per heavy atom.